The van der Waals surface area contributed by atoms with Gasteiger partial charge >= 0.3 is 5.97 Å². The van der Waals surface area contributed by atoms with Crippen molar-refractivity contribution in [1.29, 1.82) is 0 Å². The van der Waals surface area contributed by atoms with Gasteiger partial charge < -0.3 is 9.84 Å². The van der Waals surface area contributed by atoms with Crippen molar-refractivity contribution in [3.05, 3.63) is 34.1 Å². The van der Waals surface area contributed by atoms with Gasteiger partial charge in [0.2, 0.25) is 0 Å². The number of benzene rings is 1. The standard InChI is InChI=1S/C16H21FO3/c1-9-7-13(16(15(18)19)8-10(16)2)12(5-6-20-4)14(17)11(9)3/h7,10H,5-6,8H2,1-4H3,(H,18,19). The van der Waals surface area contributed by atoms with Crippen LogP contribution in [0.15, 0.2) is 6.07 Å². The van der Waals surface area contributed by atoms with Gasteiger partial charge in [0.25, 0.3) is 0 Å². The minimum Gasteiger partial charge on any atom is -0.481 e. The number of aryl methyl sites for hydroxylation is 1. The number of aliphatic carboxylic acids is 1. The molecule has 1 aliphatic rings. The van der Waals surface area contributed by atoms with Crippen molar-refractivity contribution >= 4 is 5.97 Å². The molecule has 0 amide bonds. The lowest BCUT2D eigenvalue weighted by Crippen LogP contribution is -2.25. The topological polar surface area (TPSA) is 46.5 Å². The van der Waals surface area contributed by atoms with Crippen molar-refractivity contribution in [2.75, 3.05) is 13.7 Å². The summed E-state index contributed by atoms with van der Waals surface area (Å²) < 4.78 is 19.6. The number of hydrogen-bond donors (Lipinski definition) is 1. The van der Waals surface area contributed by atoms with Gasteiger partial charge in [-0.2, -0.15) is 0 Å². The van der Waals surface area contributed by atoms with E-state index in [9.17, 15) is 14.3 Å². The summed E-state index contributed by atoms with van der Waals surface area (Å²) in [7, 11) is 1.56. The van der Waals surface area contributed by atoms with Gasteiger partial charge in [-0.05, 0) is 54.9 Å². The number of hydrogen-bond acceptors (Lipinski definition) is 2. The summed E-state index contributed by atoms with van der Waals surface area (Å²) in [5.74, 6) is -1.09. The number of halogens is 1. The molecule has 1 saturated carbocycles. The Kier molecular flexibility index (Phi) is 3.87. The van der Waals surface area contributed by atoms with Gasteiger partial charge in [-0.3, -0.25) is 4.79 Å². The van der Waals surface area contributed by atoms with Crippen LogP contribution in [0.3, 0.4) is 0 Å². The molecule has 0 saturated heterocycles. The summed E-state index contributed by atoms with van der Waals surface area (Å²) in [5.41, 5.74) is 1.62. The molecule has 2 atom stereocenters. The third kappa shape index (κ3) is 2.12. The van der Waals surface area contributed by atoms with Gasteiger partial charge in [0, 0.05) is 7.11 Å². The first-order chi connectivity index (χ1) is 9.36. The molecule has 1 aromatic rings. The third-order valence-corrected chi connectivity index (χ3v) is 4.60. The minimum atomic E-state index is -0.914. The average Bonchev–Trinajstić information content (AvgIpc) is 3.07. The average molecular weight is 280 g/mol. The zero-order chi connectivity index (χ0) is 15.1. The summed E-state index contributed by atoms with van der Waals surface area (Å²) in [5, 5.41) is 9.57. The highest BCUT2D eigenvalue weighted by molar-refractivity contribution is 5.86. The van der Waals surface area contributed by atoms with E-state index in [0.29, 0.717) is 36.1 Å². The number of rotatable bonds is 5. The van der Waals surface area contributed by atoms with Crippen molar-refractivity contribution in [2.45, 2.75) is 39.0 Å². The maximum absolute atomic E-state index is 14.5. The fourth-order valence-electron chi connectivity index (χ4n) is 2.99. The predicted molar refractivity (Wildman–Crippen MR) is 74.5 cm³/mol. The Labute approximate surface area is 118 Å². The maximum atomic E-state index is 14.5. The van der Waals surface area contributed by atoms with Crippen LogP contribution in [-0.4, -0.2) is 24.8 Å². The summed E-state index contributed by atoms with van der Waals surface area (Å²) in [6.07, 6.45) is 0.977. The van der Waals surface area contributed by atoms with Crippen LogP contribution in [0.1, 0.15) is 35.6 Å². The zero-order valence-electron chi connectivity index (χ0n) is 12.4. The van der Waals surface area contributed by atoms with E-state index in [1.807, 2.05) is 19.9 Å². The van der Waals surface area contributed by atoms with E-state index in [0.717, 1.165) is 5.56 Å². The molecule has 3 nitrogen and oxygen atoms in total. The second-order valence-electron chi connectivity index (χ2n) is 5.78. The fraction of sp³-hybridized carbons (Fsp3) is 0.562. The molecule has 1 aromatic carbocycles. The van der Waals surface area contributed by atoms with E-state index in [-0.39, 0.29) is 11.7 Å². The van der Waals surface area contributed by atoms with Gasteiger partial charge in [-0.1, -0.05) is 13.0 Å². The van der Waals surface area contributed by atoms with Crippen LogP contribution in [0.2, 0.25) is 0 Å². The number of carbonyl (C=O) groups is 1. The second kappa shape index (κ2) is 5.17. The van der Waals surface area contributed by atoms with Crippen LogP contribution < -0.4 is 0 Å². The molecule has 0 aromatic heterocycles. The van der Waals surface area contributed by atoms with Gasteiger partial charge in [-0.25, -0.2) is 4.39 Å². The first-order valence-corrected chi connectivity index (χ1v) is 6.87. The number of ether oxygens (including phenoxy) is 1. The zero-order valence-corrected chi connectivity index (χ0v) is 12.4. The van der Waals surface area contributed by atoms with E-state index < -0.39 is 11.4 Å². The summed E-state index contributed by atoms with van der Waals surface area (Å²) in [4.78, 5) is 11.7. The lowest BCUT2D eigenvalue weighted by Gasteiger charge is -2.20. The molecule has 2 rings (SSSR count). The third-order valence-electron chi connectivity index (χ3n) is 4.60. The minimum absolute atomic E-state index is 0.0443. The van der Waals surface area contributed by atoms with Gasteiger partial charge in [-0.15, -0.1) is 0 Å². The summed E-state index contributed by atoms with van der Waals surface area (Å²) >= 11 is 0. The van der Waals surface area contributed by atoms with Crippen LogP contribution >= 0.6 is 0 Å². The molecule has 2 unspecified atom stereocenters. The SMILES string of the molecule is COCCc1c(C2(C(=O)O)CC2C)cc(C)c(C)c1F. The van der Waals surface area contributed by atoms with Crippen molar-refractivity contribution in [1.82, 2.24) is 0 Å². The van der Waals surface area contributed by atoms with Crippen LogP contribution in [0.5, 0.6) is 0 Å². The lowest BCUT2D eigenvalue weighted by molar-refractivity contribution is -0.140. The Morgan fingerprint density at radius 2 is 2.15 bits per heavy atom. The molecule has 1 aliphatic carbocycles. The predicted octanol–water partition coefficient (Wildman–Crippen LogP) is 2.99. The quantitative estimate of drug-likeness (QED) is 0.902. The number of carboxylic acid groups (broad SMARTS) is 1. The largest absolute Gasteiger partial charge is 0.481 e. The Balaban J connectivity index is 2.60. The smallest absolute Gasteiger partial charge is 0.314 e. The van der Waals surface area contributed by atoms with E-state index in [4.69, 9.17) is 4.74 Å². The van der Waals surface area contributed by atoms with Crippen molar-refractivity contribution in [3.8, 4) is 0 Å². The van der Waals surface area contributed by atoms with Gasteiger partial charge in [0.05, 0.1) is 12.0 Å². The normalized spacial score (nSPS) is 24.8. The molecule has 4 heteroatoms. The Bertz CT molecular complexity index is 553. The molecule has 110 valence electrons. The second-order valence-corrected chi connectivity index (χ2v) is 5.78. The molecule has 0 bridgehead atoms. The first-order valence-electron chi connectivity index (χ1n) is 6.87. The van der Waals surface area contributed by atoms with Gasteiger partial charge in [0.15, 0.2) is 0 Å². The molecule has 1 fully saturated rings. The van der Waals surface area contributed by atoms with Crippen molar-refractivity contribution in [2.24, 2.45) is 5.92 Å². The van der Waals surface area contributed by atoms with Crippen LogP contribution in [-0.2, 0) is 21.4 Å². The monoisotopic (exact) mass is 280 g/mol. The van der Waals surface area contributed by atoms with Crippen molar-refractivity contribution in [3.63, 3.8) is 0 Å². The Morgan fingerprint density at radius 1 is 1.55 bits per heavy atom. The van der Waals surface area contributed by atoms with Crippen molar-refractivity contribution < 1.29 is 19.0 Å². The molecule has 0 radical (unpaired) electrons. The van der Waals surface area contributed by atoms with Gasteiger partial charge in [0.1, 0.15) is 5.82 Å². The molecule has 20 heavy (non-hydrogen) atoms. The van der Waals surface area contributed by atoms with E-state index in [1.165, 1.54) is 0 Å². The molecular weight excluding hydrogens is 259 g/mol. The maximum Gasteiger partial charge on any atom is 0.314 e. The molecule has 0 heterocycles. The highest BCUT2D eigenvalue weighted by Gasteiger charge is 2.60. The molecule has 1 N–H and O–H groups in total. The lowest BCUT2D eigenvalue weighted by atomic mass is 9.85. The number of carboxylic acids is 1. The molecule has 0 spiro atoms. The van der Waals surface area contributed by atoms with E-state index in [1.54, 1.807) is 14.0 Å². The van der Waals surface area contributed by atoms with E-state index >= 15 is 0 Å². The summed E-state index contributed by atoms with van der Waals surface area (Å²) in [6, 6.07) is 1.85. The first kappa shape index (κ1) is 15.0. The molecule has 0 aliphatic heterocycles. The van der Waals surface area contributed by atoms with Crippen LogP contribution in [0, 0.1) is 25.6 Å². The fourth-order valence-corrected chi connectivity index (χ4v) is 2.99. The van der Waals surface area contributed by atoms with Crippen LogP contribution in [0.25, 0.3) is 0 Å². The summed E-state index contributed by atoms with van der Waals surface area (Å²) in [6.45, 7) is 5.84. The van der Waals surface area contributed by atoms with Crippen LogP contribution in [0.4, 0.5) is 4.39 Å². The highest BCUT2D eigenvalue weighted by Crippen LogP contribution is 2.55. The molecular formula is C16H21FO3. The van der Waals surface area contributed by atoms with E-state index in [2.05, 4.69) is 0 Å². The number of methoxy groups -OCH3 is 1. The Hall–Kier alpha value is -1.42. The Morgan fingerprint density at radius 3 is 2.60 bits per heavy atom. The highest BCUT2D eigenvalue weighted by atomic mass is 19.1.